The number of aliphatic hydroxyl groups is 1. The highest BCUT2D eigenvalue weighted by molar-refractivity contribution is 5.38. The van der Waals surface area contributed by atoms with Gasteiger partial charge < -0.3 is 15.2 Å². The zero-order chi connectivity index (χ0) is 13.5. The van der Waals surface area contributed by atoms with Gasteiger partial charge in [-0.15, -0.1) is 0 Å². The van der Waals surface area contributed by atoms with Crippen molar-refractivity contribution in [3.8, 4) is 5.88 Å². The Morgan fingerprint density at radius 2 is 1.84 bits per heavy atom. The molecule has 0 amide bonds. The van der Waals surface area contributed by atoms with Crippen molar-refractivity contribution in [3.05, 3.63) is 53.6 Å². The number of nitrogens with one attached hydrogen (secondary N) is 1. The standard InChI is InChI=1S/C15H18N2O2/c1-2-19-15-5-3-4-14(17-15)16-10-12-6-8-13(11-18)9-7-12/h3-9,18H,2,10-11H2,1H3,(H,16,17). The van der Waals surface area contributed by atoms with Crippen LogP contribution in [0.2, 0.25) is 0 Å². The summed E-state index contributed by atoms with van der Waals surface area (Å²) in [5, 5.41) is 12.2. The van der Waals surface area contributed by atoms with E-state index in [1.807, 2.05) is 49.4 Å². The number of pyridine rings is 1. The molecule has 0 saturated carbocycles. The molecule has 2 rings (SSSR count). The first-order valence-corrected chi connectivity index (χ1v) is 6.34. The predicted molar refractivity (Wildman–Crippen MR) is 75.1 cm³/mol. The Morgan fingerprint density at radius 3 is 2.53 bits per heavy atom. The molecule has 0 aliphatic carbocycles. The lowest BCUT2D eigenvalue weighted by atomic mass is 10.1. The maximum absolute atomic E-state index is 8.98. The Bertz CT molecular complexity index is 512. The van der Waals surface area contributed by atoms with Crippen molar-refractivity contribution in [2.45, 2.75) is 20.1 Å². The van der Waals surface area contributed by atoms with Gasteiger partial charge in [0.25, 0.3) is 0 Å². The Morgan fingerprint density at radius 1 is 1.11 bits per heavy atom. The monoisotopic (exact) mass is 258 g/mol. The van der Waals surface area contributed by atoms with E-state index in [0.717, 1.165) is 16.9 Å². The first-order valence-electron chi connectivity index (χ1n) is 6.34. The largest absolute Gasteiger partial charge is 0.478 e. The van der Waals surface area contributed by atoms with Gasteiger partial charge in [0, 0.05) is 12.6 Å². The van der Waals surface area contributed by atoms with Gasteiger partial charge in [-0.05, 0) is 24.1 Å². The molecule has 0 unspecified atom stereocenters. The quantitative estimate of drug-likeness (QED) is 0.836. The fraction of sp³-hybridized carbons (Fsp3) is 0.267. The lowest BCUT2D eigenvalue weighted by molar-refractivity contribution is 0.282. The van der Waals surface area contributed by atoms with Gasteiger partial charge in [0.2, 0.25) is 5.88 Å². The van der Waals surface area contributed by atoms with E-state index >= 15 is 0 Å². The molecule has 4 heteroatoms. The molecule has 1 aromatic heterocycles. The molecule has 4 nitrogen and oxygen atoms in total. The van der Waals surface area contributed by atoms with Gasteiger partial charge in [0.05, 0.1) is 13.2 Å². The average molecular weight is 258 g/mol. The van der Waals surface area contributed by atoms with Crippen molar-refractivity contribution in [2.24, 2.45) is 0 Å². The van der Waals surface area contributed by atoms with Crippen LogP contribution in [0.15, 0.2) is 42.5 Å². The molecule has 2 aromatic rings. The number of hydrogen-bond acceptors (Lipinski definition) is 4. The zero-order valence-corrected chi connectivity index (χ0v) is 11.0. The average Bonchev–Trinajstić information content (AvgIpc) is 2.46. The van der Waals surface area contributed by atoms with Crippen LogP contribution in [0.25, 0.3) is 0 Å². The first kappa shape index (κ1) is 13.4. The normalized spacial score (nSPS) is 10.2. The minimum absolute atomic E-state index is 0.0751. The summed E-state index contributed by atoms with van der Waals surface area (Å²) >= 11 is 0. The molecule has 0 saturated heterocycles. The lowest BCUT2D eigenvalue weighted by Crippen LogP contribution is -2.03. The maximum atomic E-state index is 8.98. The van der Waals surface area contributed by atoms with Crippen LogP contribution in [0, 0.1) is 0 Å². The molecular weight excluding hydrogens is 240 g/mol. The van der Waals surface area contributed by atoms with Crippen LogP contribution < -0.4 is 10.1 Å². The van der Waals surface area contributed by atoms with Gasteiger partial charge in [-0.2, -0.15) is 4.98 Å². The summed E-state index contributed by atoms with van der Waals surface area (Å²) in [5.41, 5.74) is 2.06. The number of aliphatic hydroxyl groups excluding tert-OH is 1. The van der Waals surface area contributed by atoms with Crippen LogP contribution in [-0.4, -0.2) is 16.7 Å². The SMILES string of the molecule is CCOc1cccc(NCc2ccc(CO)cc2)n1. The number of rotatable bonds is 6. The fourth-order valence-electron chi connectivity index (χ4n) is 1.70. The second kappa shape index (κ2) is 6.75. The second-order valence-corrected chi connectivity index (χ2v) is 4.12. The Labute approximate surface area is 113 Å². The maximum Gasteiger partial charge on any atom is 0.215 e. The van der Waals surface area contributed by atoms with Gasteiger partial charge in [-0.1, -0.05) is 30.3 Å². The number of anilines is 1. The molecule has 0 aliphatic rings. The molecule has 0 aliphatic heterocycles. The Balaban J connectivity index is 1.95. The topological polar surface area (TPSA) is 54.4 Å². The van der Waals surface area contributed by atoms with E-state index in [1.165, 1.54) is 0 Å². The van der Waals surface area contributed by atoms with E-state index in [2.05, 4.69) is 10.3 Å². The molecule has 1 heterocycles. The van der Waals surface area contributed by atoms with Gasteiger partial charge >= 0.3 is 0 Å². The van der Waals surface area contributed by atoms with Crippen LogP contribution in [0.5, 0.6) is 5.88 Å². The summed E-state index contributed by atoms with van der Waals surface area (Å²) in [6, 6.07) is 13.5. The summed E-state index contributed by atoms with van der Waals surface area (Å²) < 4.78 is 5.35. The predicted octanol–water partition coefficient (Wildman–Crippen LogP) is 2.58. The van der Waals surface area contributed by atoms with E-state index in [0.29, 0.717) is 19.0 Å². The Hall–Kier alpha value is -2.07. The van der Waals surface area contributed by atoms with Crippen molar-refractivity contribution in [3.63, 3.8) is 0 Å². The zero-order valence-electron chi connectivity index (χ0n) is 11.0. The summed E-state index contributed by atoms with van der Waals surface area (Å²) in [7, 11) is 0. The van der Waals surface area contributed by atoms with Crippen LogP contribution in [-0.2, 0) is 13.2 Å². The van der Waals surface area contributed by atoms with E-state index in [1.54, 1.807) is 0 Å². The van der Waals surface area contributed by atoms with Crippen LogP contribution >= 0.6 is 0 Å². The highest BCUT2D eigenvalue weighted by Gasteiger charge is 1.98. The van der Waals surface area contributed by atoms with Gasteiger partial charge in [-0.25, -0.2) is 0 Å². The number of ether oxygens (including phenoxy) is 1. The van der Waals surface area contributed by atoms with Crippen molar-refractivity contribution >= 4 is 5.82 Å². The van der Waals surface area contributed by atoms with Gasteiger partial charge in [-0.3, -0.25) is 0 Å². The van der Waals surface area contributed by atoms with Crippen molar-refractivity contribution in [1.29, 1.82) is 0 Å². The number of hydrogen-bond donors (Lipinski definition) is 2. The number of benzene rings is 1. The molecule has 19 heavy (non-hydrogen) atoms. The number of nitrogens with zero attached hydrogens (tertiary/aromatic N) is 1. The summed E-state index contributed by atoms with van der Waals surface area (Å²) in [4.78, 5) is 4.34. The van der Waals surface area contributed by atoms with E-state index < -0.39 is 0 Å². The minimum atomic E-state index is 0.0751. The van der Waals surface area contributed by atoms with E-state index in [-0.39, 0.29) is 6.61 Å². The highest BCUT2D eigenvalue weighted by atomic mass is 16.5. The molecular formula is C15H18N2O2. The molecule has 0 bridgehead atoms. The summed E-state index contributed by atoms with van der Waals surface area (Å²) in [6.07, 6.45) is 0. The minimum Gasteiger partial charge on any atom is -0.478 e. The third-order valence-electron chi connectivity index (χ3n) is 2.69. The van der Waals surface area contributed by atoms with E-state index in [4.69, 9.17) is 9.84 Å². The van der Waals surface area contributed by atoms with Crippen LogP contribution in [0.1, 0.15) is 18.1 Å². The van der Waals surface area contributed by atoms with Crippen molar-refractivity contribution < 1.29 is 9.84 Å². The highest BCUT2D eigenvalue weighted by Crippen LogP contribution is 2.13. The van der Waals surface area contributed by atoms with Gasteiger partial charge in [0.15, 0.2) is 0 Å². The molecule has 100 valence electrons. The van der Waals surface area contributed by atoms with Crippen molar-refractivity contribution in [1.82, 2.24) is 4.98 Å². The summed E-state index contributed by atoms with van der Waals surface area (Å²) in [5.74, 6) is 1.42. The number of aromatic nitrogens is 1. The van der Waals surface area contributed by atoms with Crippen molar-refractivity contribution in [2.75, 3.05) is 11.9 Å². The Kier molecular flexibility index (Phi) is 4.75. The lowest BCUT2D eigenvalue weighted by Gasteiger charge is -2.08. The molecule has 0 spiro atoms. The third kappa shape index (κ3) is 3.96. The van der Waals surface area contributed by atoms with Crippen LogP contribution in [0.3, 0.4) is 0 Å². The fourth-order valence-corrected chi connectivity index (χ4v) is 1.70. The molecule has 1 aromatic carbocycles. The molecule has 0 fully saturated rings. The van der Waals surface area contributed by atoms with Gasteiger partial charge in [0.1, 0.15) is 5.82 Å². The van der Waals surface area contributed by atoms with Crippen LogP contribution in [0.4, 0.5) is 5.82 Å². The molecule has 2 N–H and O–H groups in total. The molecule has 0 radical (unpaired) electrons. The molecule has 0 atom stereocenters. The van der Waals surface area contributed by atoms with E-state index in [9.17, 15) is 0 Å². The third-order valence-corrected chi connectivity index (χ3v) is 2.69. The second-order valence-electron chi connectivity index (χ2n) is 4.12. The smallest absolute Gasteiger partial charge is 0.215 e. The summed E-state index contributed by atoms with van der Waals surface area (Å²) in [6.45, 7) is 3.31. The first-order chi connectivity index (χ1) is 9.31.